The molecule has 0 unspecified atom stereocenters. The van der Waals surface area contributed by atoms with E-state index in [0.29, 0.717) is 12.8 Å². The number of hydrogen-bond acceptors (Lipinski definition) is 4. The second-order valence-electron chi connectivity index (χ2n) is 5.07. The molecular weight excluding hydrogens is 306 g/mol. The summed E-state index contributed by atoms with van der Waals surface area (Å²) >= 11 is 1.57. The molecule has 0 aliphatic heterocycles. The first-order valence-electron chi connectivity index (χ1n) is 7.56. The van der Waals surface area contributed by atoms with Gasteiger partial charge in [-0.25, -0.2) is 4.98 Å². The number of aromatic nitrogens is 1. The van der Waals surface area contributed by atoms with E-state index in [1.165, 1.54) is 0 Å². The molecule has 0 amide bonds. The Kier molecular flexibility index (Phi) is 4.83. The lowest BCUT2D eigenvalue weighted by Crippen LogP contribution is -1.90. The van der Waals surface area contributed by atoms with E-state index in [1.54, 1.807) is 17.6 Å². The van der Waals surface area contributed by atoms with Gasteiger partial charge in [0.05, 0.1) is 16.8 Å². The molecule has 0 atom stereocenters. The van der Waals surface area contributed by atoms with Crippen molar-refractivity contribution in [1.82, 2.24) is 4.98 Å². The van der Waals surface area contributed by atoms with E-state index >= 15 is 0 Å². The molecule has 3 nitrogen and oxygen atoms in total. The van der Waals surface area contributed by atoms with E-state index in [0.717, 1.165) is 26.9 Å². The zero-order valence-electron chi connectivity index (χ0n) is 12.9. The molecular formula is C19H17NO2S. The molecule has 0 saturated carbocycles. The van der Waals surface area contributed by atoms with Crippen LogP contribution in [-0.4, -0.2) is 10.8 Å². The Labute approximate surface area is 139 Å². The number of rotatable bonds is 6. The van der Waals surface area contributed by atoms with Gasteiger partial charge in [-0.1, -0.05) is 43.3 Å². The number of carbonyl (C=O) groups excluding carboxylic acids is 1. The number of ketones is 1. The van der Waals surface area contributed by atoms with Gasteiger partial charge in [-0.05, 0) is 18.2 Å². The highest BCUT2D eigenvalue weighted by Crippen LogP contribution is 2.37. The zero-order chi connectivity index (χ0) is 16.1. The molecule has 0 saturated heterocycles. The summed E-state index contributed by atoms with van der Waals surface area (Å²) in [7, 11) is 0. The number of allylic oxidation sites excluding steroid dienone is 1. The largest absolute Gasteiger partial charge is 0.463 e. The van der Waals surface area contributed by atoms with Crippen molar-refractivity contribution in [3.8, 4) is 21.9 Å². The Balaban J connectivity index is 1.96. The van der Waals surface area contributed by atoms with Gasteiger partial charge in [0.2, 0.25) is 0 Å². The monoisotopic (exact) mass is 323 g/mol. The molecule has 4 heteroatoms. The third-order valence-electron chi connectivity index (χ3n) is 3.44. The fraction of sp³-hybridized carbons (Fsp3) is 0.158. The first kappa shape index (κ1) is 15.4. The first-order chi connectivity index (χ1) is 11.3. The normalized spacial score (nSPS) is 11.2. The maximum Gasteiger partial charge on any atom is 0.146 e. The quantitative estimate of drug-likeness (QED) is 0.605. The van der Waals surface area contributed by atoms with Gasteiger partial charge in [-0.15, -0.1) is 11.3 Å². The summed E-state index contributed by atoms with van der Waals surface area (Å²) in [6, 6.07) is 13.9. The Morgan fingerprint density at radius 1 is 1.22 bits per heavy atom. The predicted octanol–water partition coefficient (Wildman–Crippen LogP) is 5.45. The Morgan fingerprint density at radius 3 is 2.74 bits per heavy atom. The average Bonchev–Trinajstić information content (AvgIpc) is 3.24. The minimum atomic E-state index is 0.229. The van der Waals surface area contributed by atoms with Crippen LogP contribution < -0.4 is 0 Å². The molecule has 0 radical (unpaired) electrons. The number of nitrogens with zero attached hydrogens (tertiary/aromatic N) is 1. The first-order valence-corrected chi connectivity index (χ1v) is 8.38. The number of carbonyl (C=O) groups is 1. The van der Waals surface area contributed by atoms with Crippen molar-refractivity contribution in [2.24, 2.45) is 0 Å². The van der Waals surface area contributed by atoms with Crippen LogP contribution in [0.4, 0.5) is 0 Å². The van der Waals surface area contributed by atoms with Gasteiger partial charge < -0.3 is 4.42 Å². The summed E-state index contributed by atoms with van der Waals surface area (Å²) in [6.45, 7) is 1.88. The van der Waals surface area contributed by atoms with Crippen LogP contribution in [0.2, 0.25) is 0 Å². The van der Waals surface area contributed by atoms with E-state index < -0.39 is 0 Å². The molecule has 0 spiro atoms. The predicted molar refractivity (Wildman–Crippen MR) is 94.2 cm³/mol. The standard InChI is InChI=1S/C19H17NO2S/c1-2-15(21)10-6-12-17-20-18(14-8-4-3-5-9-14)19(23-17)16-11-7-13-22-16/h3-9,11-13H,2,10H2,1H3/b12-6+. The maximum absolute atomic E-state index is 11.4. The Bertz CT molecular complexity index is 801. The second kappa shape index (κ2) is 7.20. The zero-order valence-corrected chi connectivity index (χ0v) is 13.7. The fourth-order valence-electron chi connectivity index (χ4n) is 2.21. The summed E-state index contributed by atoms with van der Waals surface area (Å²) in [5.41, 5.74) is 1.96. The van der Waals surface area contributed by atoms with Crippen molar-refractivity contribution in [1.29, 1.82) is 0 Å². The summed E-state index contributed by atoms with van der Waals surface area (Å²) in [5.74, 6) is 1.04. The van der Waals surface area contributed by atoms with Gasteiger partial charge in [-0.3, -0.25) is 4.79 Å². The van der Waals surface area contributed by atoms with Gasteiger partial charge in [0.15, 0.2) is 0 Å². The molecule has 3 rings (SSSR count). The van der Waals surface area contributed by atoms with Crippen LogP contribution in [0.3, 0.4) is 0 Å². The lowest BCUT2D eigenvalue weighted by molar-refractivity contribution is -0.117. The van der Waals surface area contributed by atoms with Crippen molar-refractivity contribution in [3.05, 3.63) is 59.8 Å². The number of thiazole rings is 1. The molecule has 3 aromatic rings. The van der Waals surface area contributed by atoms with Crippen molar-refractivity contribution in [2.45, 2.75) is 19.8 Å². The average molecular weight is 323 g/mol. The van der Waals surface area contributed by atoms with E-state index in [1.807, 2.05) is 61.5 Å². The van der Waals surface area contributed by atoms with Crippen LogP contribution in [0.15, 0.2) is 59.2 Å². The maximum atomic E-state index is 11.4. The summed E-state index contributed by atoms with van der Waals surface area (Å²) in [6.07, 6.45) is 6.48. The van der Waals surface area contributed by atoms with Crippen LogP contribution in [0.1, 0.15) is 24.8 Å². The molecule has 0 aliphatic carbocycles. The molecule has 2 aromatic heterocycles. The molecule has 0 aliphatic rings. The summed E-state index contributed by atoms with van der Waals surface area (Å²) in [5, 5.41) is 0.874. The van der Waals surface area contributed by atoms with Crippen molar-refractivity contribution in [2.75, 3.05) is 0 Å². The minimum absolute atomic E-state index is 0.229. The molecule has 23 heavy (non-hydrogen) atoms. The summed E-state index contributed by atoms with van der Waals surface area (Å²) in [4.78, 5) is 17.1. The van der Waals surface area contributed by atoms with Gasteiger partial charge in [-0.2, -0.15) is 0 Å². The van der Waals surface area contributed by atoms with Crippen molar-refractivity contribution >= 4 is 23.2 Å². The van der Waals surface area contributed by atoms with Crippen molar-refractivity contribution < 1.29 is 9.21 Å². The highest BCUT2D eigenvalue weighted by Gasteiger charge is 2.15. The number of hydrogen-bond donors (Lipinski definition) is 0. The van der Waals surface area contributed by atoms with Crippen LogP contribution >= 0.6 is 11.3 Å². The van der Waals surface area contributed by atoms with E-state index in [2.05, 4.69) is 0 Å². The van der Waals surface area contributed by atoms with Crippen molar-refractivity contribution in [3.63, 3.8) is 0 Å². The third-order valence-corrected chi connectivity index (χ3v) is 4.47. The second-order valence-corrected chi connectivity index (χ2v) is 6.10. The number of furan rings is 1. The lowest BCUT2D eigenvalue weighted by atomic mass is 10.1. The highest BCUT2D eigenvalue weighted by atomic mass is 32.1. The van der Waals surface area contributed by atoms with Crippen LogP contribution in [0.25, 0.3) is 28.0 Å². The van der Waals surface area contributed by atoms with Gasteiger partial charge >= 0.3 is 0 Å². The Hall–Kier alpha value is -2.46. The lowest BCUT2D eigenvalue weighted by Gasteiger charge is -1.99. The van der Waals surface area contributed by atoms with Gasteiger partial charge in [0, 0.05) is 18.4 Å². The van der Waals surface area contributed by atoms with Crippen LogP contribution in [0.5, 0.6) is 0 Å². The molecule has 116 valence electrons. The third kappa shape index (κ3) is 3.66. The van der Waals surface area contributed by atoms with E-state index in [4.69, 9.17) is 9.40 Å². The fourth-order valence-corrected chi connectivity index (χ4v) is 3.20. The van der Waals surface area contributed by atoms with E-state index in [9.17, 15) is 4.79 Å². The SMILES string of the molecule is CCC(=O)C/C=C/c1nc(-c2ccccc2)c(-c2ccco2)s1. The molecule has 0 fully saturated rings. The number of Topliss-reactive ketones (excluding diaryl/α,β-unsaturated/α-hetero) is 1. The summed E-state index contributed by atoms with van der Waals surface area (Å²) < 4.78 is 5.55. The van der Waals surface area contributed by atoms with Gasteiger partial charge in [0.25, 0.3) is 0 Å². The number of benzene rings is 1. The van der Waals surface area contributed by atoms with E-state index in [-0.39, 0.29) is 5.78 Å². The Morgan fingerprint density at radius 2 is 2.04 bits per heavy atom. The molecule has 0 bridgehead atoms. The highest BCUT2D eigenvalue weighted by molar-refractivity contribution is 7.16. The molecule has 0 N–H and O–H groups in total. The smallest absolute Gasteiger partial charge is 0.146 e. The minimum Gasteiger partial charge on any atom is -0.463 e. The molecule has 1 aromatic carbocycles. The van der Waals surface area contributed by atoms with Crippen LogP contribution in [0, 0.1) is 0 Å². The van der Waals surface area contributed by atoms with Gasteiger partial charge in [0.1, 0.15) is 16.6 Å². The van der Waals surface area contributed by atoms with Crippen LogP contribution in [-0.2, 0) is 4.79 Å². The topological polar surface area (TPSA) is 43.1 Å². The molecule has 2 heterocycles.